The zero-order chi connectivity index (χ0) is 21.9. The van der Waals surface area contributed by atoms with Gasteiger partial charge in [-0.2, -0.15) is 0 Å². The van der Waals surface area contributed by atoms with Crippen molar-refractivity contribution in [2.24, 2.45) is 5.92 Å². The molecule has 1 fully saturated rings. The van der Waals surface area contributed by atoms with Crippen molar-refractivity contribution in [1.29, 1.82) is 0 Å². The monoisotopic (exact) mass is 426 g/mol. The van der Waals surface area contributed by atoms with Crippen molar-refractivity contribution < 1.29 is 4.79 Å². The zero-order valence-corrected chi connectivity index (χ0v) is 18.6. The lowest BCUT2D eigenvalue weighted by atomic mass is 9.87. The van der Waals surface area contributed by atoms with E-state index in [2.05, 4.69) is 70.7 Å². The number of fused-ring (bicyclic) bond motifs is 1. The molecule has 2 aromatic carbocycles. The lowest BCUT2D eigenvalue weighted by molar-refractivity contribution is -0.126. The van der Waals surface area contributed by atoms with Crippen molar-refractivity contribution in [3.63, 3.8) is 0 Å². The van der Waals surface area contributed by atoms with Gasteiger partial charge >= 0.3 is 0 Å². The Morgan fingerprint density at radius 2 is 1.78 bits per heavy atom. The van der Waals surface area contributed by atoms with Crippen molar-refractivity contribution in [2.75, 3.05) is 18.0 Å². The van der Waals surface area contributed by atoms with Crippen LogP contribution in [0.25, 0.3) is 11.4 Å². The molecule has 1 N–H and O–H groups in total. The zero-order valence-electron chi connectivity index (χ0n) is 18.6. The van der Waals surface area contributed by atoms with Crippen LogP contribution < -0.4 is 10.2 Å². The molecule has 2 aliphatic rings. The summed E-state index contributed by atoms with van der Waals surface area (Å²) in [5.41, 5.74) is 4.93. The number of aromatic nitrogens is 2. The highest BCUT2D eigenvalue weighted by molar-refractivity contribution is 5.79. The molecule has 1 saturated heterocycles. The summed E-state index contributed by atoms with van der Waals surface area (Å²) in [6.07, 6.45) is 6.82. The molecule has 1 atom stereocenters. The normalized spacial score (nSPS) is 18.8. The first-order chi connectivity index (χ1) is 15.7. The molecule has 5 nitrogen and oxygen atoms in total. The summed E-state index contributed by atoms with van der Waals surface area (Å²) in [5, 5.41) is 3.35. The molecule has 0 unspecified atom stereocenters. The number of hydrogen-bond donors (Lipinski definition) is 1. The van der Waals surface area contributed by atoms with Gasteiger partial charge in [0.1, 0.15) is 5.82 Å². The third-order valence-corrected chi connectivity index (χ3v) is 6.83. The maximum absolute atomic E-state index is 13.0. The van der Waals surface area contributed by atoms with Crippen molar-refractivity contribution in [1.82, 2.24) is 15.3 Å². The number of rotatable bonds is 4. The second kappa shape index (κ2) is 9.11. The average Bonchev–Trinajstić information content (AvgIpc) is 2.85. The predicted molar refractivity (Wildman–Crippen MR) is 127 cm³/mol. The molecule has 2 heterocycles. The van der Waals surface area contributed by atoms with Crippen LogP contribution in [0.5, 0.6) is 0 Å². The SMILES string of the molecule is Cc1ccc(-c2nccc(N3CCC(C(=O)N[C@@H]4CCCc5ccccc54)CC3)n2)cc1. The van der Waals surface area contributed by atoms with Crippen LogP contribution in [-0.4, -0.2) is 29.0 Å². The summed E-state index contributed by atoms with van der Waals surface area (Å²) >= 11 is 0. The first kappa shape index (κ1) is 20.7. The van der Waals surface area contributed by atoms with E-state index in [1.807, 2.05) is 12.3 Å². The van der Waals surface area contributed by atoms with E-state index >= 15 is 0 Å². The number of anilines is 1. The van der Waals surface area contributed by atoms with Crippen LogP contribution in [0.15, 0.2) is 60.8 Å². The van der Waals surface area contributed by atoms with Gasteiger partial charge in [-0.3, -0.25) is 4.79 Å². The molecule has 164 valence electrons. The van der Waals surface area contributed by atoms with E-state index in [9.17, 15) is 4.79 Å². The highest BCUT2D eigenvalue weighted by Crippen LogP contribution is 2.31. The van der Waals surface area contributed by atoms with Gasteiger partial charge in [0.05, 0.1) is 6.04 Å². The topological polar surface area (TPSA) is 58.1 Å². The van der Waals surface area contributed by atoms with E-state index in [1.165, 1.54) is 16.7 Å². The maximum Gasteiger partial charge on any atom is 0.223 e. The van der Waals surface area contributed by atoms with Gasteiger partial charge in [0.25, 0.3) is 0 Å². The summed E-state index contributed by atoms with van der Waals surface area (Å²) in [7, 11) is 0. The van der Waals surface area contributed by atoms with Gasteiger partial charge in [-0.15, -0.1) is 0 Å². The Morgan fingerprint density at radius 1 is 1.00 bits per heavy atom. The summed E-state index contributed by atoms with van der Waals surface area (Å²) < 4.78 is 0. The summed E-state index contributed by atoms with van der Waals surface area (Å²) in [4.78, 5) is 24.6. The molecule has 1 aromatic heterocycles. The number of aryl methyl sites for hydroxylation is 2. The molecule has 0 radical (unpaired) electrons. The van der Waals surface area contributed by atoms with E-state index < -0.39 is 0 Å². The van der Waals surface area contributed by atoms with Gasteiger partial charge in [0.2, 0.25) is 5.91 Å². The fourth-order valence-electron chi connectivity index (χ4n) is 4.93. The lowest BCUT2D eigenvalue weighted by Gasteiger charge is -2.34. The average molecular weight is 427 g/mol. The third kappa shape index (κ3) is 4.38. The lowest BCUT2D eigenvalue weighted by Crippen LogP contribution is -2.42. The van der Waals surface area contributed by atoms with E-state index in [1.54, 1.807) is 0 Å². The molecule has 1 aliphatic carbocycles. The Morgan fingerprint density at radius 3 is 2.59 bits per heavy atom. The van der Waals surface area contributed by atoms with Crippen molar-refractivity contribution in [3.05, 3.63) is 77.5 Å². The molecule has 1 aliphatic heterocycles. The van der Waals surface area contributed by atoms with E-state index in [0.717, 1.165) is 62.4 Å². The molecule has 3 aromatic rings. The van der Waals surface area contributed by atoms with Crippen LogP contribution in [-0.2, 0) is 11.2 Å². The second-order valence-corrected chi connectivity index (χ2v) is 9.02. The van der Waals surface area contributed by atoms with Crippen LogP contribution >= 0.6 is 0 Å². The largest absolute Gasteiger partial charge is 0.356 e. The number of nitrogens with one attached hydrogen (secondary N) is 1. The number of hydrogen-bond acceptors (Lipinski definition) is 4. The number of amides is 1. The van der Waals surface area contributed by atoms with E-state index in [-0.39, 0.29) is 17.9 Å². The van der Waals surface area contributed by atoms with Crippen molar-refractivity contribution >= 4 is 11.7 Å². The second-order valence-electron chi connectivity index (χ2n) is 9.02. The number of benzene rings is 2. The van der Waals surface area contributed by atoms with Crippen LogP contribution in [0, 0.1) is 12.8 Å². The number of nitrogens with zero attached hydrogens (tertiary/aromatic N) is 3. The van der Waals surface area contributed by atoms with Crippen LogP contribution in [0.2, 0.25) is 0 Å². The number of carbonyl (C=O) groups is 1. The number of piperidine rings is 1. The molecule has 0 saturated carbocycles. The van der Waals surface area contributed by atoms with Gasteiger partial charge in [-0.05, 0) is 56.2 Å². The molecular formula is C27H30N4O. The maximum atomic E-state index is 13.0. The van der Waals surface area contributed by atoms with Crippen LogP contribution in [0.3, 0.4) is 0 Å². The molecular weight excluding hydrogens is 396 g/mol. The smallest absolute Gasteiger partial charge is 0.223 e. The van der Waals surface area contributed by atoms with Crippen LogP contribution in [0.4, 0.5) is 5.82 Å². The Labute approximate surface area is 189 Å². The summed E-state index contributed by atoms with van der Waals surface area (Å²) in [6.45, 7) is 3.75. The standard InChI is InChI=1S/C27H30N4O/c1-19-9-11-21(12-10-19)26-28-16-13-25(30-26)31-17-14-22(15-18-31)27(32)29-24-8-4-6-20-5-2-3-7-23(20)24/h2-3,5,7,9-13,16,22,24H,4,6,8,14-15,17-18H2,1H3,(H,29,32)/t24-/m1/s1. The Kier molecular flexibility index (Phi) is 5.89. The fourth-order valence-corrected chi connectivity index (χ4v) is 4.93. The van der Waals surface area contributed by atoms with E-state index in [0.29, 0.717) is 0 Å². The Balaban J connectivity index is 1.21. The summed E-state index contributed by atoms with van der Waals surface area (Å²) in [6, 6.07) is 19.0. The summed E-state index contributed by atoms with van der Waals surface area (Å²) in [5.74, 6) is 1.96. The minimum Gasteiger partial charge on any atom is -0.356 e. The Bertz CT molecular complexity index is 1090. The van der Waals surface area contributed by atoms with Crippen molar-refractivity contribution in [2.45, 2.75) is 45.1 Å². The molecule has 0 spiro atoms. The molecule has 5 rings (SSSR count). The fraction of sp³-hybridized carbons (Fsp3) is 0.370. The van der Waals surface area contributed by atoms with Gasteiger partial charge < -0.3 is 10.2 Å². The Hall–Kier alpha value is -3.21. The highest BCUT2D eigenvalue weighted by atomic mass is 16.1. The van der Waals surface area contributed by atoms with Crippen LogP contribution in [0.1, 0.15) is 48.4 Å². The van der Waals surface area contributed by atoms with Crippen molar-refractivity contribution in [3.8, 4) is 11.4 Å². The third-order valence-electron chi connectivity index (χ3n) is 6.83. The molecule has 1 amide bonds. The van der Waals surface area contributed by atoms with Gasteiger partial charge in [0, 0.05) is 30.8 Å². The van der Waals surface area contributed by atoms with Gasteiger partial charge in [-0.25, -0.2) is 9.97 Å². The van der Waals surface area contributed by atoms with E-state index in [4.69, 9.17) is 4.98 Å². The molecule has 5 heteroatoms. The quantitative estimate of drug-likeness (QED) is 0.647. The minimum absolute atomic E-state index is 0.0683. The van der Waals surface area contributed by atoms with Gasteiger partial charge in [-0.1, -0.05) is 54.1 Å². The first-order valence-corrected chi connectivity index (χ1v) is 11.7. The molecule has 32 heavy (non-hydrogen) atoms. The minimum atomic E-state index is 0.0683. The predicted octanol–water partition coefficient (Wildman–Crippen LogP) is 4.86. The number of carbonyl (C=O) groups excluding carboxylic acids is 1. The van der Waals surface area contributed by atoms with Gasteiger partial charge in [0.15, 0.2) is 5.82 Å². The molecule has 0 bridgehead atoms. The first-order valence-electron chi connectivity index (χ1n) is 11.7. The highest BCUT2D eigenvalue weighted by Gasteiger charge is 2.29.